The zero-order chi connectivity index (χ0) is 29.2. The Kier molecular flexibility index (Phi) is 8.64. The average Bonchev–Trinajstić information content (AvgIpc) is 3.42. The second-order valence-corrected chi connectivity index (χ2v) is 11.8. The van der Waals surface area contributed by atoms with E-state index in [0.29, 0.717) is 24.4 Å². The van der Waals surface area contributed by atoms with Crippen molar-refractivity contribution >= 4 is 36.4 Å². The smallest absolute Gasteiger partial charge is 0.323 e. The van der Waals surface area contributed by atoms with Crippen molar-refractivity contribution in [2.45, 2.75) is 57.8 Å². The van der Waals surface area contributed by atoms with Gasteiger partial charge in [-0.1, -0.05) is 18.2 Å². The number of anilines is 2. The number of hydrogen-bond acceptors (Lipinski definition) is 11. The molecule has 13 nitrogen and oxygen atoms in total. The van der Waals surface area contributed by atoms with Gasteiger partial charge in [-0.15, -0.1) is 0 Å². The highest BCUT2D eigenvalue weighted by atomic mass is 31.2. The Labute approximate surface area is 231 Å². The number of nitrogens with two attached hydrogens (primary N) is 1. The topological polar surface area (TPSA) is 167 Å². The lowest BCUT2D eigenvalue weighted by molar-refractivity contribution is -0.142. The van der Waals surface area contributed by atoms with E-state index in [1.165, 1.54) is 31.9 Å². The molecule has 4 rings (SSSR count). The molecule has 0 radical (unpaired) electrons. The molecule has 4 N–H and O–H groups in total. The van der Waals surface area contributed by atoms with Crippen molar-refractivity contribution in [2.75, 3.05) is 37.0 Å². The number of methoxy groups -OCH3 is 1. The van der Waals surface area contributed by atoms with Gasteiger partial charge in [0.2, 0.25) is 5.95 Å². The van der Waals surface area contributed by atoms with Crippen LogP contribution in [0.5, 0.6) is 5.75 Å². The second kappa shape index (κ2) is 11.7. The monoisotopic (exact) mass is 579 g/mol. The number of imidazole rings is 1. The minimum Gasteiger partial charge on any atom is -0.468 e. The van der Waals surface area contributed by atoms with Crippen molar-refractivity contribution < 1.29 is 32.9 Å². The van der Waals surface area contributed by atoms with Crippen molar-refractivity contribution in [2.24, 2.45) is 0 Å². The predicted molar refractivity (Wildman–Crippen MR) is 147 cm³/mol. The van der Waals surface area contributed by atoms with Crippen molar-refractivity contribution in [3.05, 3.63) is 36.7 Å². The van der Waals surface area contributed by atoms with Crippen molar-refractivity contribution in [1.29, 1.82) is 0 Å². The predicted octanol–water partition coefficient (Wildman–Crippen LogP) is 2.66. The van der Waals surface area contributed by atoms with Crippen LogP contribution in [0.4, 0.5) is 16.2 Å². The van der Waals surface area contributed by atoms with E-state index in [1.54, 1.807) is 30.3 Å². The zero-order valence-corrected chi connectivity index (χ0v) is 23.9. The molecule has 0 aliphatic carbocycles. The van der Waals surface area contributed by atoms with Crippen molar-refractivity contribution in [3.8, 4) is 5.75 Å². The van der Waals surface area contributed by atoms with E-state index in [2.05, 4.69) is 20.0 Å². The molecular formula is C25H35FN7O6P. The summed E-state index contributed by atoms with van der Waals surface area (Å²) in [6.45, 7) is 7.80. The number of nitrogens with one attached hydrogen (secondary N) is 1. The number of fused-ring (bicyclic) bond motifs is 1. The third kappa shape index (κ3) is 5.75. The molecule has 6 atom stereocenters. The van der Waals surface area contributed by atoms with Gasteiger partial charge in [-0.25, -0.2) is 14.5 Å². The van der Waals surface area contributed by atoms with Crippen LogP contribution in [-0.2, 0) is 18.8 Å². The van der Waals surface area contributed by atoms with Gasteiger partial charge in [-0.2, -0.15) is 9.97 Å². The molecule has 0 spiro atoms. The highest BCUT2D eigenvalue weighted by molar-refractivity contribution is 7.57. The number of benzene rings is 1. The standard InChI is InChI=1S/C25H35FN7O6P/c1-6-32(7-2)20-18-21(30-24(27)29-20)33(14-28-18)23-25(4,26)19(34)17(38-23)13-40(36,31-15(3)22(35)37-5)39-16-11-9-8-10-12-16/h8-12,14-15,17,19,23,34H,6-7,13H2,1-5H3,(H,31,36)(H2,27,29,30)/t15-,17+,19+,23+,25+,40?/m0/s1. The lowest BCUT2D eigenvalue weighted by Gasteiger charge is -2.27. The fourth-order valence-electron chi connectivity index (χ4n) is 4.73. The molecule has 40 heavy (non-hydrogen) atoms. The maximum atomic E-state index is 16.2. The summed E-state index contributed by atoms with van der Waals surface area (Å²) in [5.74, 6) is 0.0283. The number of esters is 1. The molecule has 0 bridgehead atoms. The average molecular weight is 580 g/mol. The summed E-state index contributed by atoms with van der Waals surface area (Å²) in [6.07, 6.45) is -3.54. The van der Waals surface area contributed by atoms with Gasteiger partial charge in [-0.3, -0.25) is 13.9 Å². The van der Waals surface area contributed by atoms with Crippen LogP contribution < -0.4 is 20.2 Å². The van der Waals surface area contributed by atoms with Crippen LogP contribution in [0.1, 0.15) is 33.9 Å². The highest BCUT2D eigenvalue weighted by Crippen LogP contribution is 2.50. The van der Waals surface area contributed by atoms with E-state index in [4.69, 9.17) is 19.7 Å². The number of aliphatic hydroxyl groups is 1. The maximum absolute atomic E-state index is 16.2. The summed E-state index contributed by atoms with van der Waals surface area (Å²) in [6, 6.07) is 7.26. The summed E-state index contributed by atoms with van der Waals surface area (Å²) in [5, 5.41) is 13.7. The van der Waals surface area contributed by atoms with Gasteiger partial charge in [-0.05, 0) is 39.8 Å². The molecular weight excluding hydrogens is 544 g/mol. The van der Waals surface area contributed by atoms with Crippen LogP contribution >= 0.6 is 7.52 Å². The Balaban J connectivity index is 1.68. The minimum absolute atomic E-state index is 0.0337. The van der Waals surface area contributed by atoms with Crippen LogP contribution in [0, 0.1) is 0 Å². The highest BCUT2D eigenvalue weighted by Gasteiger charge is 2.57. The first-order valence-corrected chi connectivity index (χ1v) is 14.7. The van der Waals surface area contributed by atoms with Crippen LogP contribution in [0.2, 0.25) is 0 Å². The molecule has 1 aliphatic heterocycles. The fourth-order valence-corrected chi connectivity index (χ4v) is 6.88. The number of hydrogen-bond donors (Lipinski definition) is 3. The maximum Gasteiger partial charge on any atom is 0.323 e. The number of carbonyl (C=O) groups excluding carboxylic acids is 1. The lowest BCUT2D eigenvalue weighted by Crippen LogP contribution is -2.42. The Morgan fingerprint density at radius 2 is 2.00 bits per heavy atom. The third-order valence-electron chi connectivity index (χ3n) is 6.81. The number of alkyl halides is 1. The summed E-state index contributed by atoms with van der Waals surface area (Å²) >= 11 is 0. The summed E-state index contributed by atoms with van der Waals surface area (Å²) in [4.78, 5) is 27.0. The molecule has 1 aliphatic rings. The molecule has 3 heterocycles. The fraction of sp³-hybridized carbons (Fsp3) is 0.520. The Hall–Kier alpha value is -3.32. The summed E-state index contributed by atoms with van der Waals surface area (Å²) < 4.78 is 48.1. The second-order valence-electron chi connectivity index (χ2n) is 9.66. The molecule has 0 saturated carbocycles. The number of halogens is 1. The Morgan fingerprint density at radius 1 is 1.32 bits per heavy atom. The van der Waals surface area contributed by atoms with Gasteiger partial charge in [0.25, 0.3) is 0 Å². The van der Waals surface area contributed by atoms with E-state index >= 15 is 4.39 Å². The van der Waals surface area contributed by atoms with Gasteiger partial charge in [0.1, 0.15) is 24.0 Å². The number of carbonyl (C=O) groups is 1. The van der Waals surface area contributed by atoms with Crippen LogP contribution in [-0.4, -0.2) is 80.9 Å². The molecule has 218 valence electrons. The quantitative estimate of drug-likeness (QED) is 0.225. The molecule has 15 heteroatoms. The van der Waals surface area contributed by atoms with E-state index in [-0.39, 0.29) is 17.3 Å². The summed E-state index contributed by atoms with van der Waals surface area (Å²) in [7, 11) is -2.78. The molecule has 1 unspecified atom stereocenters. The van der Waals surface area contributed by atoms with Gasteiger partial charge >= 0.3 is 13.5 Å². The Bertz CT molecular complexity index is 1390. The number of para-hydroxylation sites is 1. The minimum atomic E-state index is -3.98. The van der Waals surface area contributed by atoms with Gasteiger partial charge in [0.15, 0.2) is 28.9 Å². The first-order valence-electron chi connectivity index (χ1n) is 12.9. The first kappa shape index (κ1) is 29.7. The van der Waals surface area contributed by atoms with Crippen molar-refractivity contribution in [3.63, 3.8) is 0 Å². The molecule has 2 aromatic heterocycles. The van der Waals surface area contributed by atoms with E-state index in [0.717, 1.165) is 0 Å². The van der Waals surface area contributed by atoms with Gasteiger partial charge in [0, 0.05) is 13.1 Å². The molecule has 3 aromatic rings. The normalized spacial score (nSPS) is 24.9. The third-order valence-corrected chi connectivity index (χ3v) is 8.94. The van der Waals surface area contributed by atoms with E-state index in [1.807, 2.05) is 18.7 Å². The molecule has 1 aromatic carbocycles. The molecule has 1 saturated heterocycles. The van der Waals surface area contributed by atoms with E-state index in [9.17, 15) is 14.5 Å². The van der Waals surface area contributed by atoms with Crippen molar-refractivity contribution in [1.82, 2.24) is 24.6 Å². The summed E-state index contributed by atoms with van der Waals surface area (Å²) in [5.41, 5.74) is 4.23. The van der Waals surface area contributed by atoms with Crippen LogP contribution in [0.25, 0.3) is 11.2 Å². The number of rotatable bonds is 11. The van der Waals surface area contributed by atoms with Crippen LogP contribution in [0.15, 0.2) is 36.7 Å². The van der Waals surface area contributed by atoms with Crippen LogP contribution in [0.3, 0.4) is 0 Å². The first-order chi connectivity index (χ1) is 18.9. The number of ether oxygens (including phenoxy) is 2. The Morgan fingerprint density at radius 3 is 2.62 bits per heavy atom. The number of aliphatic hydroxyl groups excluding tert-OH is 1. The number of nitrogens with zero attached hydrogens (tertiary/aromatic N) is 5. The molecule has 1 fully saturated rings. The van der Waals surface area contributed by atoms with Gasteiger partial charge < -0.3 is 29.7 Å². The largest absolute Gasteiger partial charge is 0.468 e. The SMILES string of the molecule is CCN(CC)c1nc(N)nc2c1ncn2[C@@H]1O[C@H](CP(=O)(N[C@@H](C)C(=O)OC)Oc2ccccc2)[C@@H](O)[C@@]1(C)F. The lowest BCUT2D eigenvalue weighted by atomic mass is 9.99. The number of nitrogen functional groups attached to an aromatic ring is 1. The molecule has 0 amide bonds. The zero-order valence-electron chi connectivity index (χ0n) is 23.0. The van der Waals surface area contributed by atoms with E-state index < -0.39 is 49.8 Å². The van der Waals surface area contributed by atoms with Gasteiger partial charge in [0.05, 0.1) is 19.6 Å². The number of aromatic nitrogens is 4.